The molecule has 0 unspecified atom stereocenters. The fourth-order valence-electron chi connectivity index (χ4n) is 3.22. The number of anilines is 2. The van der Waals surface area contributed by atoms with Crippen LogP contribution in [0.15, 0.2) is 48.5 Å². The predicted octanol–water partition coefficient (Wildman–Crippen LogP) is 3.22. The lowest BCUT2D eigenvalue weighted by Crippen LogP contribution is -2.37. The van der Waals surface area contributed by atoms with Crippen LogP contribution in [-0.4, -0.2) is 54.9 Å². The number of hydrogen-bond acceptors (Lipinski definition) is 4. The van der Waals surface area contributed by atoms with Crippen molar-refractivity contribution in [2.24, 2.45) is 0 Å². The third-order valence-corrected chi connectivity index (χ3v) is 4.84. The summed E-state index contributed by atoms with van der Waals surface area (Å²) >= 11 is 0. The van der Waals surface area contributed by atoms with Gasteiger partial charge in [-0.2, -0.15) is 0 Å². The summed E-state index contributed by atoms with van der Waals surface area (Å²) in [5.41, 5.74) is 3.45. The van der Waals surface area contributed by atoms with Crippen molar-refractivity contribution in [3.8, 4) is 0 Å². The van der Waals surface area contributed by atoms with Gasteiger partial charge in [0.1, 0.15) is 0 Å². The lowest BCUT2D eigenvalue weighted by molar-refractivity contribution is -0.136. The van der Waals surface area contributed by atoms with Crippen molar-refractivity contribution in [2.75, 3.05) is 43.5 Å². The minimum atomic E-state index is -0.838. The number of benzene rings is 2. The summed E-state index contributed by atoms with van der Waals surface area (Å²) in [6, 6.07) is 14.7. The van der Waals surface area contributed by atoms with Crippen LogP contribution in [0, 0.1) is 0 Å². The van der Waals surface area contributed by atoms with Crippen molar-refractivity contribution in [1.29, 1.82) is 0 Å². The van der Waals surface area contributed by atoms with Gasteiger partial charge in [0.2, 0.25) is 0 Å². The molecule has 7 nitrogen and oxygen atoms in total. The molecule has 1 fully saturated rings. The number of nitrogens with one attached hydrogen (secondary N) is 2. The maximum atomic E-state index is 12.2. The quantitative estimate of drug-likeness (QED) is 0.636. The van der Waals surface area contributed by atoms with Gasteiger partial charge in [-0.25, -0.2) is 4.79 Å². The van der Waals surface area contributed by atoms with Crippen LogP contribution < -0.4 is 10.6 Å². The molecule has 1 heterocycles. The van der Waals surface area contributed by atoms with Crippen LogP contribution in [0.3, 0.4) is 0 Å². The molecular formula is C22H27N3O4. The molecule has 0 bridgehead atoms. The number of ether oxygens (including phenoxy) is 1. The highest BCUT2D eigenvalue weighted by Gasteiger charge is 2.10. The molecule has 29 heavy (non-hydrogen) atoms. The normalized spacial score (nSPS) is 14.3. The molecule has 7 heteroatoms. The Kier molecular flexibility index (Phi) is 7.61. The van der Waals surface area contributed by atoms with E-state index in [1.54, 1.807) is 18.2 Å². The summed E-state index contributed by atoms with van der Waals surface area (Å²) in [5.74, 6) is -0.838. The number of rotatable bonds is 8. The van der Waals surface area contributed by atoms with Gasteiger partial charge >= 0.3 is 12.0 Å². The lowest BCUT2D eigenvalue weighted by Gasteiger charge is -2.26. The summed E-state index contributed by atoms with van der Waals surface area (Å²) in [6.45, 7) is 4.59. The highest BCUT2D eigenvalue weighted by atomic mass is 16.5. The Balaban J connectivity index is 1.46. The van der Waals surface area contributed by atoms with Gasteiger partial charge < -0.3 is 20.5 Å². The van der Waals surface area contributed by atoms with E-state index in [1.807, 2.05) is 30.3 Å². The van der Waals surface area contributed by atoms with Crippen molar-refractivity contribution < 1.29 is 19.4 Å². The Morgan fingerprint density at radius 3 is 2.38 bits per heavy atom. The molecule has 0 saturated carbocycles. The zero-order valence-corrected chi connectivity index (χ0v) is 16.4. The molecule has 2 amide bonds. The first-order valence-electron chi connectivity index (χ1n) is 9.86. The summed E-state index contributed by atoms with van der Waals surface area (Å²) in [4.78, 5) is 25.3. The zero-order chi connectivity index (χ0) is 20.5. The van der Waals surface area contributed by atoms with E-state index in [1.165, 1.54) is 5.56 Å². The number of carbonyl (C=O) groups excluding carboxylic acids is 1. The van der Waals surface area contributed by atoms with Crippen molar-refractivity contribution in [3.63, 3.8) is 0 Å². The Hall–Kier alpha value is -2.90. The van der Waals surface area contributed by atoms with Crippen LogP contribution in [0.2, 0.25) is 0 Å². The maximum Gasteiger partial charge on any atom is 0.323 e. The number of carbonyl (C=O) groups is 2. The average Bonchev–Trinajstić information content (AvgIpc) is 2.73. The van der Waals surface area contributed by atoms with E-state index in [4.69, 9.17) is 9.84 Å². The largest absolute Gasteiger partial charge is 0.481 e. The van der Waals surface area contributed by atoms with Gasteiger partial charge in [-0.3, -0.25) is 9.69 Å². The molecule has 1 aliphatic heterocycles. The lowest BCUT2D eigenvalue weighted by atomic mass is 10.1. The van der Waals surface area contributed by atoms with Crippen molar-refractivity contribution in [1.82, 2.24) is 4.90 Å². The first-order chi connectivity index (χ1) is 14.1. The monoisotopic (exact) mass is 397 g/mol. The van der Waals surface area contributed by atoms with E-state index in [0.717, 1.165) is 50.5 Å². The van der Waals surface area contributed by atoms with Crippen molar-refractivity contribution in [3.05, 3.63) is 59.7 Å². The number of aliphatic carboxylic acids is 1. The molecule has 154 valence electrons. The van der Waals surface area contributed by atoms with Gasteiger partial charge in [0, 0.05) is 37.4 Å². The van der Waals surface area contributed by atoms with E-state index >= 15 is 0 Å². The Morgan fingerprint density at radius 1 is 0.931 bits per heavy atom. The molecule has 0 spiro atoms. The molecule has 0 atom stereocenters. The topological polar surface area (TPSA) is 90.9 Å². The van der Waals surface area contributed by atoms with Crippen molar-refractivity contribution in [2.45, 2.75) is 19.3 Å². The van der Waals surface area contributed by atoms with E-state index < -0.39 is 5.97 Å². The zero-order valence-electron chi connectivity index (χ0n) is 16.4. The number of morpholine rings is 1. The van der Waals surface area contributed by atoms with Gasteiger partial charge in [0.05, 0.1) is 13.2 Å². The Bertz CT molecular complexity index is 817. The van der Waals surface area contributed by atoms with Crippen LogP contribution in [0.25, 0.3) is 0 Å². The molecule has 3 rings (SSSR count). The average molecular weight is 397 g/mol. The minimum Gasteiger partial charge on any atom is -0.481 e. The Morgan fingerprint density at radius 2 is 1.66 bits per heavy atom. The summed E-state index contributed by atoms with van der Waals surface area (Å²) in [5, 5.41) is 14.4. The number of carboxylic acid groups (broad SMARTS) is 1. The van der Waals surface area contributed by atoms with Gasteiger partial charge in [-0.05, 0) is 48.2 Å². The van der Waals surface area contributed by atoms with Crippen LogP contribution in [-0.2, 0) is 22.4 Å². The van der Waals surface area contributed by atoms with Crippen LogP contribution >= 0.6 is 0 Å². The highest BCUT2D eigenvalue weighted by molar-refractivity contribution is 5.99. The number of hydrogen-bond donors (Lipinski definition) is 3. The Labute approximate surface area is 170 Å². The second kappa shape index (κ2) is 10.6. The van der Waals surface area contributed by atoms with E-state index in [2.05, 4.69) is 15.5 Å². The molecular weight excluding hydrogens is 370 g/mol. The van der Waals surface area contributed by atoms with Crippen LogP contribution in [0.1, 0.15) is 17.5 Å². The van der Waals surface area contributed by atoms with Gasteiger partial charge in [0.15, 0.2) is 0 Å². The molecule has 2 aromatic rings. The number of carboxylic acids is 1. The van der Waals surface area contributed by atoms with E-state index in [-0.39, 0.29) is 12.5 Å². The molecule has 1 aliphatic rings. The predicted molar refractivity (Wildman–Crippen MR) is 112 cm³/mol. The molecule has 1 saturated heterocycles. The van der Waals surface area contributed by atoms with E-state index in [0.29, 0.717) is 12.1 Å². The molecule has 3 N–H and O–H groups in total. The molecule has 0 radical (unpaired) electrons. The fourth-order valence-corrected chi connectivity index (χ4v) is 3.22. The van der Waals surface area contributed by atoms with Crippen LogP contribution in [0.5, 0.6) is 0 Å². The molecule has 0 aliphatic carbocycles. The maximum absolute atomic E-state index is 12.2. The van der Waals surface area contributed by atoms with Crippen LogP contribution in [0.4, 0.5) is 16.2 Å². The number of amides is 2. The highest BCUT2D eigenvalue weighted by Crippen LogP contribution is 2.15. The minimum absolute atomic E-state index is 0.0630. The summed E-state index contributed by atoms with van der Waals surface area (Å²) < 4.78 is 5.36. The number of aryl methyl sites for hydroxylation is 1. The van der Waals surface area contributed by atoms with Gasteiger partial charge in [0.25, 0.3) is 0 Å². The summed E-state index contributed by atoms with van der Waals surface area (Å²) in [7, 11) is 0. The smallest absolute Gasteiger partial charge is 0.323 e. The second-order valence-electron chi connectivity index (χ2n) is 7.07. The third kappa shape index (κ3) is 7.21. The third-order valence-electron chi connectivity index (χ3n) is 4.84. The second-order valence-corrected chi connectivity index (χ2v) is 7.07. The number of nitrogens with zero attached hydrogens (tertiary/aromatic N) is 1. The van der Waals surface area contributed by atoms with E-state index in [9.17, 15) is 9.59 Å². The fraction of sp³-hybridized carbons (Fsp3) is 0.364. The van der Waals surface area contributed by atoms with Crippen molar-refractivity contribution >= 4 is 23.4 Å². The summed E-state index contributed by atoms with van der Waals surface area (Å²) in [6.07, 6.45) is 1.46. The molecule has 0 aromatic heterocycles. The standard InChI is InChI=1S/C22H27N3O4/c26-21(27)9-6-18-2-1-3-20(16-18)24-22(28)23-19-7-4-17(5-8-19)10-11-25-12-14-29-15-13-25/h1-5,7-8,16H,6,9-15H2,(H,26,27)(H2,23,24,28). The number of urea groups is 1. The molecule has 2 aromatic carbocycles. The SMILES string of the molecule is O=C(O)CCc1cccc(NC(=O)Nc2ccc(CCN3CCOCC3)cc2)c1. The van der Waals surface area contributed by atoms with Gasteiger partial charge in [-0.1, -0.05) is 24.3 Å². The van der Waals surface area contributed by atoms with Gasteiger partial charge in [-0.15, -0.1) is 0 Å². The first kappa shape index (κ1) is 20.8. The first-order valence-corrected chi connectivity index (χ1v) is 9.86.